The average molecular weight is 351 g/mol. The lowest BCUT2D eigenvalue weighted by molar-refractivity contribution is 0.0900. The lowest BCUT2D eigenvalue weighted by Crippen LogP contribution is -2.37. The molecule has 4 rings (SSSR count). The van der Waals surface area contributed by atoms with Gasteiger partial charge in [-0.3, -0.25) is 4.79 Å². The summed E-state index contributed by atoms with van der Waals surface area (Å²) < 4.78 is 13.0. The van der Waals surface area contributed by atoms with Gasteiger partial charge in [-0.15, -0.1) is 0 Å². The van der Waals surface area contributed by atoms with Crippen molar-refractivity contribution in [3.8, 4) is 0 Å². The topological polar surface area (TPSA) is 85.0 Å². The van der Waals surface area contributed by atoms with E-state index < -0.39 is 0 Å². The fourth-order valence-corrected chi connectivity index (χ4v) is 3.40. The molecule has 6 nitrogen and oxygen atoms in total. The van der Waals surface area contributed by atoms with Gasteiger partial charge in [-0.05, 0) is 49.2 Å². The number of rotatable bonds is 3. The van der Waals surface area contributed by atoms with Crippen molar-refractivity contribution in [2.24, 2.45) is 5.92 Å². The number of nitrogen functional groups attached to an aromatic ring is 1. The van der Waals surface area contributed by atoms with Gasteiger partial charge < -0.3 is 10.6 Å². The van der Waals surface area contributed by atoms with Crippen LogP contribution in [0.3, 0.4) is 0 Å². The lowest BCUT2D eigenvalue weighted by Gasteiger charge is -2.32. The molecule has 3 aromatic rings. The summed E-state index contributed by atoms with van der Waals surface area (Å²) in [6.07, 6.45) is 2.94. The predicted molar refractivity (Wildman–Crippen MR) is 97.4 cm³/mol. The lowest BCUT2D eigenvalue weighted by atomic mass is 9.89. The molecule has 0 atom stereocenters. The van der Waals surface area contributed by atoms with Gasteiger partial charge in [0, 0.05) is 24.6 Å². The molecule has 0 radical (unpaired) electrons. The Morgan fingerprint density at radius 2 is 1.81 bits per heavy atom. The number of carbonyl (C=O) groups excluding carboxylic acids is 1. The summed E-state index contributed by atoms with van der Waals surface area (Å²) in [6, 6.07) is 9.38. The summed E-state index contributed by atoms with van der Waals surface area (Å²) >= 11 is 0. The van der Waals surface area contributed by atoms with Crippen molar-refractivity contribution in [1.82, 2.24) is 15.0 Å². The van der Waals surface area contributed by atoms with Gasteiger partial charge in [0.25, 0.3) is 0 Å². The molecule has 0 spiro atoms. The third-order valence-electron chi connectivity index (χ3n) is 4.79. The fourth-order valence-electron chi connectivity index (χ4n) is 3.40. The van der Waals surface area contributed by atoms with E-state index in [1.54, 1.807) is 18.2 Å². The first-order chi connectivity index (χ1) is 12.6. The quantitative estimate of drug-likeness (QED) is 0.731. The molecular formula is C19H18FN5O. The molecular weight excluding hydrogens is 333 g/mol. The molecule has 7 heteroatoms. The zero-order chi connectivity index (χ0) is 18.1. The van der Waals surface area contributed by atoms with Crippen LogP contribution < -0.4 is 10.6 Å². The van der Waals surface area contributed by atoms with Crippen LogP contribution in [-0.4, -0.2) is 33.8 Å². The molecule has 0 unspecified atom stereocenters. The van der Waals surface area contributed by atoms with Gasteiger partial charge in [-0.25, -0.2) is 19.3 Å². The van der Waals surface area contributed by atoms with E-state index in [9.17, 15) is 9.18 Å². The second-order valence-corrected chi connectivity index (χ2v) is 6.44. The summed E-state index contributed by atoms with van der Waals surface area (Å²) in [4.78, 5) is 27.6. The second kappa shape index (κ2) is 6.67. The number of halogens is 1. The van der Waals surface area contributed by atoms with Gasteiger partial charge >= 0.3 is 0 Å². The number of nitrogens with two attached hydrogens (primary N) is 1. The Kier molecular flexibility index (Phi) is 4.20. The molecule has 0 aliphatic carbocycles. The van der Waals surface area contributed by atoms with E-state index in [4.69, 9.17) is 5.73 Å². The molecule has 26 heavy (non-hydrogen) atoms. The SMILES string of the molecule is Nc1ccc2c(N3CCC(C(=O)c4ccc(F)cc4)CC3)ncnc2n1. The van der Waals surface area contributed by atoms with Crippen LogP contribution in [0, 0.1) is 11.7 Å². The minimum Gasteiger partial charge on any atom is -0.384 e. The molecule has 0 saturated carbocycles. The van der Waals surface area contributed by atoms with Crippen LogP contribution in [-0.2, 0) is 0 Å². The smallest absolute Gasteiger partial charge is 0.166 e. The number of benzene rings is 1. The van der Waals surface area contributed by atoms with Crippen LogP contribution in [0.4, 0.5) is 16.0 Å². The number of fused-ring (bicyclic) bond motifs is 1. The van der Waals surface area contributed by atoms with Crippen molar-refractivity contribution in [3.05, 3.63) is 54.1 Å². The Bertz CT molecular complexity index is 952. The van der Waals surface area contributed by atoms with E-state index in [0.29, 0.717) is 30.1 Å². The van der Waals surface area contributed by atoms with Gasteiger partial charge in [0.1, 0.15) is 23.8 Å². The van der Waals surface area contributed by atoms with Crippen molar-refractivity contribution < 1.29 is 9.18 Å². The standard InChI is InChI=1S/C19H18FN5O/c20-14-3-1-12(2-4-14)17(26)13-7-9-25(10-8-13)19-15-5-6-16(21)24-18(15)22-11-23-19/h1-6,11,13H,7-10H2,(H2,21,22,23,24). The minimum absolute atomic E-state index is 0.0569. The van der Waals surface area contributed by atoms with Crippen molar-refractivity contribution in [3.63, 3.8) is 0 Å². The van der Waals surface area contributed by atoms with Crippen molar-refractivity contribution in [1.29, 1.82) is 0 Å². The second-order valence-electron chi connectivity index (χ2n) is 6.44. The highest BCUT2D eigenvalue weighted by Gasteiger charge is 2.27. The van der Waals surface area contributed by atoms with Gasteiger partial charge in [-0.2, -0.15) is 0 Å². The van der Waals surface area contributed by atoms with Crippen LogP contribution >= 0.6 is 0 Å². The van der Waals surface area contributed by atoms with Crippen molar-refractivity contribution >= 4 is 28.5 Å². The minimum atomic E-state index is -0.332. The number of piperidine rings is 1. The van der Waals surface area contributed by atoms with Gasteiger partial charge in [0.05, 0.1) is 5.39 Å². The first-order valence-electron chi connectivity index (χ1n) is 8.54. The van der Waals surface area contributed by atoms with Gasteiger partial charge in [-0.1, -0.05) is 0 Å². The molecule has 1 aliphatic heterocycles. The van der Waals surface area contributed by atoms with Crippen LogP contribution in [0.2, 0.25) is 0 Å². The predicted octanol–water partition coefficient (Wildman–Crippen LogP) is 2.85. The van der Waals surface area contributed by atoms with Crippen LogP contribution in [0.5, 0.6) is 0 Å². The van der Waals surface area contributed by atoms with E-state index in [0.717, 1.165) is 24.0 Å². The highest BCUT2D eigenvalue weighted by Crippen LogP contribution is 2.28. The molecule has 1 aromatic carbocycles. The summed E-state index contributed by atoms with van der Waals surface area (Å²) in [5, 5.41) is 0.852. The third kappa shape index (κ3) is 3.08. The van der Waals surface area contributed by atoms with E-state index in [-0.39, 0.29) is 17.5 Å². The van der Waals surface area contributed by atoms with Crippen LogP contribution in [0.25, 0.3) is 11.0 Å². The summed E-state index contributed by atoms with van der Waals surface area (Å²) in [6.45, 7) is 1.43. The number of anilines is 2. The van der Waals surface area contributed by atoms with E-state index >= 15 is 0 Å². The zero-order valence-corrected chi connectivity index (χ0v) is 14.1. The summed E-state index contributed by atoms with van der Waals surface area (Å²) in [7, 11) is 0. The third-order valence-corrected chi connectivity index (χ3v) is 4.79. The Morgan fingerprint density at radius 3 is 2.54 bits per heavy atom. The maximum Gasteiger partial charge on any atom is 0.166 e. The molecule has 3 heterocycles. The summed E-state index contributed by atoms with van der Waals surface area (Å²) in [5.74, 6) is 0.924. The van der Waals surface area contributed by atoms with Crippen LogP contribution in [0.1, 0.15) is 23.2 Å². The van der Waals surface area contributed by atoms with E-state index in [2.05, 4.69) is 19.9 Å². The highest BCUT2D eigenvalue weighted by molar-refractivity contribution is 5.98. The number of ketones is 1. The number of nitrogens with zero attached hydrogens (tertiary/aromatic N) is 4. The molecule has 1 fully saturated rings. The van der Waals surface area contributed by atoms with E-state index in [1.165, 1.54) is 18.5 Å². The molecule has 2 aromatic heterocycles. The fraction of sp³-hybridized carbons (Fsp3) is 0.263. The molecule has 0 amide bonds. The average Bonchev–Trinajstić information content (AvgIpc) is 2.67. The molecule has 1 saturated heterocycles. The van der Waals surface area contributed by atoms with Gasteiger partial charge in [0.15, 0.2) is 11.4 Å². The normalized spacial score (nSPS) is 15.3. The number of pyridine rings is 1. The first kappa shape index (κ1) is 16.4. The van der Waals surface area contributed by atoms with Crippen molar-refractivity contribution in [2.75, 3.05) is 23.7 Å². The summed E-state index contributed by atoms with van der Waals surface area (Å²) in [5.41, 5.74) is 6.86. The Balaban J connectivity index is 1.50. The maximum atomic E-state index is 13.0. The maximum absolute atomic E-state index is 13.0. The van der Waals surface area contributed by atoms with E-state index in [1.807, 2.05) is 6.07 Å². The monoisotopic (exact) mass is 351 g/mol. The number of carbonyl (C=O) groups is 1. The van der Waals surface area contributed by atoms with Crippen molar-refractivity contribution in [2.45, 2.75) is 12.8 Å². The highest BCUT2D eigenvalue weighted by atomic mass is 19.1. The van der Waals surface area contributed by atoms with Crippen LogP contribution in [0.15, 0.2) is 42.7 Å². The Morgan fingerprint density at radius 1 is 1.08 bits per heavy atom. The Labute approximate surface area is 149 Å². The molecule has 132 valence electrons. The number of hydrogen-bond donors (Lipinski definition) is 1. The first-order valence-corrected chi connectivity index (χ1v) is 8.54. The number of hydrogen-bond acceptors (Lipinski definition) is 6. The largest absolute Gasteiger partial charge is 0.384 e. The molecule has 1 aliphatic rings. The molecule has 2 N–H and O–H groups in total. The number of Topliss-reactive ketones (excluding diaryl/α,β-unsaturated/α-hetero) is 1. The molecule has 0 bridgehead atoms. The Hall–Kier alpha value is -3.09. The number of aromatic nitrogens is 3. The zero-order valence-electron chi connectivity index (χ0n) is 14.1. The van der Waals surface area contributed by atoms with Gasteiger partial charge in [0.2, 0.25) is 0 Å².